The Kier molecular flexibility index (Phi) is 5.46. The third kappa shape index (κ3) is 4.15. The molecule has 3 nitrogen and oxygen atoms in total. The van der Waals surface area contributed by atoms with Crippen LogP contribution in [0.5, 0.6) is 0 Å². The molecule has 0 saturated carbocycles. The van der Waals surface area contributed by atoms with Crippen LogP contribution in [0.3, 0.4) is 0 Å². The van der Waals surface area contributed by atoms with E-state index < -0.39 is 23.3 Å². The Hall–Kier alpha value is -4.04. The molecule has 0 bridgehead atoms. The molecule has 0 radical (unpaired) electrons. The van der Waals surface area contributed by atoms with E-state index >= 15 is 0 Å². The average molecular weight is 413 g/mol. The van der Waals surface area contributed by atoms with Crippen molar-refractivity contribution in [3.05, 3.63) is 106 Å². The summed E-state index contributed by atoms with van der Waals surface area (Å²) in [4.78, 5) is 27.1. The topological polar surface area (TPSA) is 37.4 Å². The second kappa shape index (κ2) is 8.37. The highest BCUT2D eigenvalue weighted by Gasteiger charge is 2.32. The second-order valence-electron chi connectivity index (χ2n) is 7.12. The summed E-state index contributed by atoms with van der Waals surface area (Å²) >= 11 is 0. The Morgan fingerprint density at radius 3 is 2.45 bits per heavy atom. The number of carbonyl (C=O) groups is 2. The van der Waals surface area contributed by atoms with E-state index in [9.17, 15) is 18.4 Å². The molecule has 0 N–H and O–H groups in total. The first-order valence-electron chi connectivity index (χ1n) is 9.60. The molecule has 4 rings (SSSR count). The number of likely N-dealkylation sites (N-methyl/N-ethyl adjacent to an activating group) is 1. The number of nitrogens with zero attached hydrogens (tertiary/aromatic N) is 1. The van der Waals surface area contributed by atoms with E-state index in [1.807, 2.05) is 30.3 Å². The maximum atomic E-state index is 13.5. The maximum Gasteiger partial charge on any atom is 0.262 e. The Labute approximate surface area is 178 Å². The highest BCUT2D eigenvalue weighted by Crippen LogP contribution is 2.31. The molecule has 5 heteroatoms. The van der Waals surface area contributed by atoms with Crippen LogP contribution in [0.1, 0.15) is 27.0 Å². The Balaban J connectivity index is 1.67. The van der Waals surface area contributed by atoms with Crippen molar-refractivity contribution in [1.82, 2.24) is 0 Å². The SMILES string of the molecule is CN1C(=O)/C(=C/c2ccc(F)c(F)c2)C(=O)c2cc(C#CCc3ccccc3)ccc21. The van der Waals surface area contributed by atoms with E-state index in [1.54, 1.807) is 25.2 Å². The molecular formula is C26H17F2NO2. The first kappa shape index (κ1) is 20.2. The van der Waals surface area contributed by atoms with E-state index in [-0.39, 0.29) is 11.1 Å². The molecule has 0 aromatic heterocycles. The van der Waals surface area contributed by atoms with Gasteiger partial charge in [-0.1, -0.05) is 48.2 Å². The van der Waals surface area contributed by atoms with Crippen LogP contribution in [0, 0.1) is 23.5 Å². The third-order valence-electron chi connectivity index (χ3n) is 5.00. The standard InChI is InChI=1S/C26H17F2NO2/c1-29-24-13-11-18(9-5-8-17-6-3-2-4-7-17)14-20(24)25(30)21(26(29)31)15-19-10-12-22(27)23(28)16-19/h2-4,6-7,10-16H,8H2,1H3/b21-15+. The molecule has 3 aromatic rings. The number of halogens is 2. The third-order valence-corrected chi connectivity index (χ3v) is 5.00. The van der Waals surface area contributed by atoms with Gasteiger partial charge >= 0.3 is 0 Å². The molecule has 31 heavy (non-hydrogen) atoms. The van der Waals surface area contributed by atoms with E-state index in [0.717, 1.165) is 17.7 Å². The largest absolute Gasteiger partial charge is 0.311 e. The lowest BCUT2D eigenvalue weighted by Crippen LogP contribution is -2.36. The summed E-state index contributed by atoms with van der Waals surface area (Å²) in [5.74, 6) is 3.11. The van der Waals surface area contributed by atoms with Crippen LogP contribution < -0.4 is 4.90 Å². The minimum Gasteiger partial charge on any atom is -0.311 e. The highest BCUT2D eigenvalue weighted by molar-refractivity contribution is 6.36. The second-order valence-corrected chi connectivity index (χ2v) is 7.12. The zero-order valence-electron chi connectivity index (χ0n) is 16.7. The van der Waals surface area contributed by atoms with E-state index in [0.29, 0.717) is 23.2 Å². The molecule has 1 aliphatic rings. The number of hydrogen-bond donors (Lipinski definition) is 0. The van der Waals surface area contributed by atoms with Gasteiger partial charge in [0.1, 0.15) is 0 Å². The van der Waals surface area contributed by atoms with Gasteiger partial charge in [-0.2, -0.15) is 0 Å². The summed E-state index contributed by atoms with van der Waals surface area (Å²) in [6.45, 7) is 0. The molecule has 152 valence electrons. The number of ketones is 1. The van der Waals surface area contributed by atoms with Crippen molar-refractivity contribution in [3.63, 3.8) is 0 Å². The van der Waals surface area contributed by atoms with Crippen LogP contribution in [-0.4, -0.2) is 18.7 Å². The molecule has 1 aliphatic heterocycles. The minimum absolute atomic E-state index is 0.115. The van der Waals surface area contributed by atoms with Crippen LogP contribution in [-0.2, 0) is 11.2 Å². The van der Waals surface area contributed by atoms with Gasteiger partial charge in [0.25, 0.3) is 5.91 Å². The smallest absolute Gasteiger partial charge is 0.262 e. The van der Waals surface area contributed by atoms with Crippen molar-refractivity contribution in [2.75, 3.05) is 11.9 Å². The van der Waals surface area contributed by atoms with E-state index in [2.05, 4.69) is 11.8 Å². The van der Waals surface area contributed by atoms with Gasteiger partial charge in [0, 0.05) is 24.6 Å². The molecule has 3 aromatic carbocycles. The molecule has 0 spiro atoms. The van der Waals surface area contributed by atoms with Gasteiger partial charge < -0.3 is 4.90 Å². The molecule has 0 aliphatic carbocycles. The van der Waals surface area contributed by atoms with E-state index in [1.165, 1.54) is 17.0 Å². The van der Waals surface area contributed by atoms with Crippen molar-refractivity contribution in [2.45, 2.75) is 6.42 Å². The summed E-state index contributed by atoms with van der Waals surface area (Å²) < 4.78 is 26.7. The molecule has 0 atom stereocenters. The van der Waals surface area contributed by atoms with Gasteiger partial charge in [0.05, 0.1) is 11.3 Å². The van der Waals surface area contributed by atoms with Crippen LogP contribution in [0.2, 0.25) is 0 Å². The maximum absolute atomic E-state index is 13.5. The van der Waals surface area contributed by atoms with Gasteiger partial charge in [0.2, 0.25) is 5.78 Å². The number of hydrogen-bond acceptors (Lipinski definition) is 2. The number of rotatable bonds is 2. The van der Waals surface area contributed by atoms with Crippen molar-refractivity contribution in [1.29, 1.82) is 0 Å². The Morgan fingerprint density at radius 1 is 0.935 bits per heavy atom. The lowest BCUT2D eigenvalue weighted by atomic mass is 9.92. The lowest BCUT2D eigenvalue weighted by Gasteiger charge is -2.26. The molecular weight excluding hydrogens is 396 g/mol. The average Bonchev–Trinajstić information content (AvgIpc) is 2.78. The molecule has 0 saturated heterocycles. The predicted octanol–water partition coefficient (Wildman–Crippen LogP) is 4.80. The Bertz CT molecular complexity index is 1280. The van der Waals surface area contributed by atoms with Crippen LogP contribution >= 0.6 is 0 Å². The Morgan fingerprint density at radius 2 is 1.71 bits per heavy atom. The zero-order chi connectivity index (χ0) is 22.0. The van der Waals surface area contributed by atoms with Crippen LogP contribution in [0.4, 0.5) is 14.5 Å². The number of amides is 1. The number of Topliss-reactive ketones (excluding diaryl/α,β-unsaturated/α-hetero) is 1. The highest BCUT2D eigenvalue weighted by atomic mass is 19.2. The van der Waals surface area contributed by atoms with Gasteiger partial charge in [-0.05, 0) is 47.5 Å². The quantitative estimate of drug-likeness (QED) is 0.344. The van der Waals surface area contributed by atoms with Gasteiger partial charge in [-0.25, -0.2) is 8.78 Å². The summed E-state index contributed by atoms with van der Waals surface area (Å²) in [6.07, 6.45) is 1.85. The monoisotopic (exact) mass is 413 g/mol. The van der Waals surface area contributed by atoms with Gasteiger partial charge in [0.15, 0.2) is 11.6 Å². The summed E-state index contributed by atoms with van der Waals surface area (Å²) in [5.41, 5.74) is 2.67. The molecule has 1 heterocycles. The van der Waals surface area contributed by atoms with Crippen molar-refractivity contribution in [2.24, 2.45) is 0 Å². The predicted molar refractivity (Wildman–Crippen MR) is 116 cm³/mol. The summed E-state index contributed by atoms with van der Waals surface area (Å²) in [6, 6.07) is 18.1. The summed E-state index contributed by atoms with van der Waals surface area (Å²) in [5, 5.41) is 0. The fraction of sp³-hybridized carbons (Fsp3) is 0.0769. The number of benzene rings is 3. The first-order chi connectivity index (χ1) is 14.9. The normalized spacial score (nSPS) is 14.3. The lowest BCUT2D eigenvalue weighted by molar-refractivity contribution is -0.114. The van der Waals surface area contributed by atoms with Crippen LogP contribution in [0.25, 0.3) is 6.08 Å². The summed E-state index contributed by atoms with van der Waals surface area (Å²) in [7, 11) is 1.56. The molecule has 0 fully saturated rings. The van der Waals surface area contributed by atoms with E-state index in [4.69, 9.17) is 0 Å². The van der Waals surface area contributed by atoms with Gasteiger partial charge in [-0.15, -0.1) is 0 Å². The first-order valence-corrected chi connectivity index (χ1v) is 9.60. The number of anilines is 1. The zero-order valence-corrected chi connectivity index (χ0v) is 16.7. The number of fused-ring (bicyclic) bond motifs is 1. The molecule has 0 unspecified atom stereocenters. The minimum atomic E-state index is -1.05. The van der Waals surface area contributed by atoms with Crippen LogP contribution in [0.15, 0.2) is 72.3 Å². The van der Waals surface area contributed by atoms with Crippen molar-refractivity contribution >= 4 is 23.5 Å². The number of carbonyl (C=O) groups excluding carboxylic acids is 2. The van der Waals surface area contributed by atoms with Gasteiger partial charge in [-0.3, -0.25) is 9.59 Å². The van der Waals surface area contributed by atoms with Crippen molar-refractivity contribution in [3.8, 4) is 11.8 Å². The fourth-order valence-corrected chi connectivity index (χ4v) is 3.36. The fourth-order valence-electron chi connectivity index (χ4n) is 3.36. The van der Waals surface area contributed by atoms with Crippen molar-refractivity contribution < 1.29 is 18.4 Å². The molecule has 1 amide bonds.